The highest BCUT2D eigenvalue weighted by atomic mass is 19.4. The number of aliphatic hydroxyl groups is 1. The Morgan fingerprint density at radius 1 is 0.943 bits per heavy atom. The first kappa shape index (κ1) is 25.4. The summed E-state index contributed by atoms with van der Waals surface area (Å²) >= 11 is 0. The van der Waals surface area contributed by atoms with Gasteiger partial charge in [0.05, 0.1) is 23.8 Å². The van der Waals surface area contributed by atoms with Crippen LogP contribution < -0.4 is 5.32 Å². The average Bonchev–Trinajstić information content (AvgIpc) is 3.34. The van der Waals surface area contributed by atoms with Crippen LogP contribution in [-0.2, 0) is 28.5 Å². The van der Waals surface area contributed by atoms with Gasteiger partial charge in [-0.25, -0.2) is 4.39 Å². The lowest BCUT2D eigenvalue weighted by molar-refractivity contribution is -0.143. The van der Waals surface area contributed by atoms with Gasteiger partial charge in [-0.2, -0.15) is 26.3 Å². The fourth-order valence-electron chi connectivity index (χ4n) is 5.05. The lowest BCUT2D eigenvalue weighted by Crippen LogP contribution is -2.36. The molecule has 5 atom stereocenters. The molecule has 1 saturated heterocycles. The minimum absolute atomic E-state index is 0.0600. The number of aliphatic hydroxyl groups excluding tert-OH is 1. The molecule has 0 bridgehead atoms. The van der Waals surface area contributed by atoms with Crippen LogP contribution >= 0.6 is 0 Å². The van der Waals surface area contributed by atoms with Crippen LogP contribution in [-0.4, -0.2) is 29.3 Å². The lowest BCUT2D eigenvalue weighted by Gasteiger charge is -2.29. The Morgan fingerprint density at radius 2 is 1.54 bits per heavy atom. The van der Waals surface area contributed by atoms with Crippen molar-refractivity contribution in [3.8, 4) is 0 Å². The van der Waals surface area contributed by atoms with Crippen LogP contribution in [0.5, 0.6) is 0 Å². The van der Waals surface area contributed by atoms with Crippen molar-refractivity contribution in [1.82, 2.24) is 5.32 Å². The van der Waals surface area contributed by atoms with Gasteiger partial charge in [-0.3, -0.25) is 4.79 Å². The van der Waals surface area contributed by atoms with E-state index in [1.165, 1.54) is 24.3 Å². The monoisotopic (exact) mass is 505 g/mol. The molecule has 35 heavy (non-hydrogen) atoms. The standard InChI is InChI=1S/C24H22F7NO3/c25-16-3-1-13(2-4-16)21-17(18-10-19(33)22(34)32-18)5-6-20(21)35-11-12-7-14(23(26,27)28)9-15(8-12)24(29,30)31/h1-4,7-9,17-21,33H,5-6,10-11H2,(H,32,34)/t17-,18-,19+,20-,21-/m0/s1. The summed E-state index contributed by atoms with van der Waals surface area (Å²) < 4.78 is 98.5. The molecule has 1 heterocycles. The Morgan fingerprint density at radius 3 is 2.06 bits per heavy atom. The van der Waals surface area contributed by atoms with Crippen LogP contribution in [0.15, 0.2) is 42.5 Å². The summed E-state index contributed by atoms with van der Waals surface area (Å²) in [4.78, 5) is 11.8. The van der Waals surface area contributed by atoms with E-state index in [1.807, 2.05) is 0 Å². The third-order valence-corrected chi connectivity index (χ3v) is 6.64. The van der Waals surface area contributed by atoms with Gasteiger partial charge in [-0.05, 0) is 60.2 Å². The second-order valence-electron chi connectivity index (χ2n) is 8.95. The Balaban J connectivity index is 1.59. The molecule has 0 spiro atoms. The summed E-state index contributed by atoms with van der Waals surface area (Å²) in [6, 6.07) is 6.47. The number of carbonyl (C=O) groups excluding carboxylic acids is 1. The summed E-state index contributed by atoms with van der Waals surface area (Å²) in [7, 11) is 0. The molecule has 1 amide bonds. The van der Waals surface area contributed by atoms with E-state index in [1.54, 1.807) is 0 Å². The normalized spacial score (nSPS) is 27.3. The molecule has 0 aromatic heterocycles. The smallest absolute Gasteiger partial charge is 0.383 e. The fourth-order valence-corrected chi connectivity index (χ4v) is 5.05. The van der Waals surface area contributed by atoms with Gasteiger partial charge in [0.15, 0.2) is 0 Å². The maximum atomic E-state index is 13.5. The molecule has 11 heteroatoms. The van der Waals surface area contributed by atoms with Crippen molar-refractivity contribution in [2.75, 3.05) is 0 Å². The zero-order chi connectivity index (χ0) is 25.5. The minimum atomic E-state index is -4.97. The molecule has 4 nitrogen and oxygen atoms in total. The van der Waals surface area contributed by atoms with Crippen LogP contribution in [0.25, 0.3) is 0 Å². The number of ether oxygens (including phenoxy) is 1. The van der Waals surface area contributed by atoms with Gasteiger partial charge in [0.1, 0.15) is 11.9 Å². The molecular weight excluding hydrogens is 483 g/mol. The number of hydrogen-bond donors (Lipinski definition) is 2. The van der Waals surface area contributed by atoms with E-state index in [-0.39, 0.29) is 24.0 Å². The van der Waals surface area contributed by atoms with Gasteiger partial charge in [-0.15, -0.1) is 0 Å². The highest BCUT2D eigenvalue weighted by molar-refractivity contribution is 5.83. The van der Waals surface area contributed by atoms with Gasteiger partial charge < -0.3 is 15.2 Å². The van der Waals surface area contributed by atoms with Crippen LogP contribution in [0, 0.1) is 11.7 Å². The predicted octanol–water partition coefficient (Wildman–Crippen LogP) is 5.19. The molecule has 1 aliphatic heterocycles. The third-order valence-electron chi connectivity index (χ3n) is 6.64. The van der Waals surface area contributed by atoms with Gasteiger partial charge >= 0.3 is 12.4 Å². The number of rotatable bonds is 5. The zero-order valence-electron chi connectivity index (χ0n) is 18.2. The number of benzene rings is 2. The maximum absolute atomic E-state index is 13.5. The molecule has 0 radical (unpaired) electrons. The number of nitrogens with one attached hydrogen (secondary N) is 1. The third kappa shape index (κ3) is 5.61. The zero-order valence-corrected chi connectivity index (χ0v) is 18.2. The highest BCUT2D eigenvalue weighted by Crippen LogP contribution is 2.45. The highest BCUT2D eigenvalue weighted by Gasteiger charge is 2.46. The molecule has 2 aliphatic rings. The Hall–Kier alpha value is -2.66. The number of carbonyl (C=O) groups is 1. The van der Waals surface area contributed by atoms with Crippen molar-refractivity contribution in [3.63, 3.8) is 0 Å². The summed E-state index contributed by atoms with van der Waals surface area (Å²) in [6.45, 7) is -0.498. The summed E-state index contributed by atoms with van der Waals surface area (Å²) in [5, 5.41) is 12.6. The number of alkyl halides is 6. The van der Waals surface area contributed by atoms with E-state index in [0.29, 0.717) is 30.5 Å². The SMILES string of the molecule is O=C1N[C@H]([C@@H]2CC[C@H](OCc3cc(C(F)(F)F)cc(C(F)(F)F)c3)[C@H]2c2ccc(F)cc2)C[C@H]1O. The Kier molecular flexibility index (Phi) is 6.85. The Labute approximate surface area is 196 Å². The maximum Gasteiger partial charge on any atom is 0.416 e. The molecule has 0 unspecified atom stereocenters. The van der Waals surface area contributed by atoms with Gasteiger partial charge in [0, 0.05) is 18.4 Å². The van der Waals surface area contributed by atoms with Gasteiger partial charge in [-0.1, -0.05) is 12.1 Å². The fraction of sp³-hybridized carbons (Fsp3) is 0.458. The van der Waals surface area contributed by atoms with E-state index in [2.05, 4.69) is 5.32 Å². The summed E-state index contributed by atoms with van der Waals surface area (Å²) in [5.41, 5.74) is -2.46. The first-order valence-corrected chi connectivity index (χ1v) is 11.0. The van der Waals surface area contributed by atoms with Crippen molar-refractivity contribution in [2.45, 2.75) is 62.4 Å². The van der Waals surface area contributed by atoms with Crippen LogP contribution in [0.2, 0.25) is 0 Å². The molecule has 2 N–H and O–H groups in total. The minimum Gasteiger partial charge on any atom is -0.383 e. The van der Waals surface area contributed by atoms with Crippen molar-refractivity contribution in [1.29, 1.82) is 0 Å². The molecule has 1 saturated carbocycles. The van der Waals surface area contributed by atoms with Crippen LogP contribution in [0.4, 0.5) is 30.7 Å². The van der Waals surface area contributed by atoms with E-state index < -0.39 is 66.0 Å². The predicted molar refractivity (Wildman–Crippen MR) is 109 cm³/mol. The van der Waals surface area contributed by atoms with E-state index in [4.69, 9.17) is 4.74 Å². The van der Waals surface area contributed by atoms with E-state index >= 15 is 0 Å². The molecule has 190 valence electrons. The molecule has 2 fully saturated rings. The van der Waals surface area contributed by atoms with Crippen molar-refractivity contribution < 1.29 is 45.4 Å². The summed E-state index contributed by atoms with van der Waals surface area (Å²) in [5.74, 6) is -1.63. The van der Waals surface area contributed by atoms with E-state index in [0.717, 1.165) is 0 Å². The van der Waals surface area contributed by atoms with Crippen molar-refractivity contribution in [2.24, 2.45) is 5.92 Å². The molecule has 2 aromatic rings. The topological polar surface area (TPSA) is 58.6 Å². The second-order valence-corrected chi connectivity index (χ2v) is 8.95. The van der Waals surface area contributed by atoms with Gasteiger partial charge in [0.2, 0.25) is 5.91 Å². The first-order chi connectivity index (χ1) is 16.3. The second kappa shape index (κ2) is 9.42. The summed E-state index contributed by atoms with van der Waals surface area (Å²) in [6.07, 6.45) is -10.6. The quantitative estimate of drug-likeness (QED) is 0.550. The number of amides is 1. The number of hydrogen-bond acceptors (Lipinski definition) is 3. The molecular formula is C24H22F7NO3. The van der Waals surface area contributed by atoms with Crippen LogP contribution in [0.3, 0.4) is 0 Å². The molecule has 2 aromatic carbocycles. The van der Waals surface area contributed by atoms with E-state index in [9.17, 15) is 40.6 Å². The van der Waals surface area contributed by atoms with Gasteiger partial charge in [0.25, 0.3) is 0 Å². The number of halogens is 7. The lowest BCUT2D eigenvalue weighted by atomic mass is 9.82. The molecule has 4 rings (SSSR count). The first-order valence-electron chi connectivity index (χ1n) is 11.0. The largest absolute Gasteiger partial charge is 0.416 e. The van der Waals surface area contributed by atoms with Crippen LogP contribution in [0.1, 0.15) is 47.4 Å². The van der Waals surface area contributed by atoms with Crippen molar-refractivity contribution in [3.05, 3.63) is 70.5 Å². The Bertz CT molecular complexity index is 1040. The molecule has 1 aliphatic carbocycles. The average molecular weight is 505 g/mol. The van der Waals surface area contributed by atoms with Crippen molar-refractivity contribution >= 4 is 5.91 Å².